The number of halogens is 1. The number of fused-ring (bicyclic) bond motifs is 1. The minimum absolute atomic E-state index is 0.739. The Labute approximate surface area is 92.0 Å². The molecular formula is C10H11ClN2S. The smallest absolute Gasteiger partial charge is 0.143 e. The Hall–Kier alpha value is -0.670. The summed E-state index contributed by atoms with van der Waals surface area (Å²) < 4.78 is 0. The molecule has 0 aromatic carbocycles. The van der Waals surface area contributed by atoms with Crippen molar-refractivity contribution in [2.45, 2.75) is 19.3 Å². The van der Waals surface area contributed by atoms with Gasteiger partial charge >= 0.3 is 0 Å². The molecule has 2 rings (SSSR count). The molecule has 0 fully saturated rings. The summed E-state index contributed by atoms with van der Waals surface area (Å²) in [6, 6.07) is 3.93. The second kappa shape index (κ2) is 4.71. The van der Waals surface area contributed by atoms with E-state index in [1.54, 1.807) is 11.3 Å². The van der Waals surface area contributed by atoms with E-state index in [2.05, 4.69) is 9.97 Å². The predicted octanol–water partition coefficient (Wildman–Crippen LogP) is 3.25. The van der Waals surface area contributed by atoms with Crippen LogP contribution in [0.2, 0.25) is 0 Å². The first kappa shape index (κ1) is 9.87. The second-order valence-electron chi connectivity index (χ2n) is 3.08. The SMILES string of the molecule is ClCCCCc1nc2cccnc2s1. The van der Waals surface area contributed by atoms with Crippen LogP contribution in [0.4, 0.5) is 0 Å². The van der Waals surface area contributed by atoms with Crippen molar-refractivity contribution >= 4 is 33.3 Å². The van der Waals surface area contributed by atoms with Crippen LogP contribution in [0.25, 0.3) is 10.3 Å². The number of pyridine rings is 1. The average Bonchev–Trinajstić information content (AvgIpc) is 2.60. The van der Waals surface area contributed by atoms with Gasteiger partial charge in [0.2, 0.25) is 0 Å². The van der Waals surface area contributed by atoms with Gasteiger partial charge in [-0.15, -0.1) is 11.6 Å². The third kappa shape index (κ3) is 2.22. The number of hydrogen-bond donors (Lipinski definition) is 0. The average molecular weight is 227 g/mol. The molecule has 0 amide bonds. The lowest BCUT2D eigenvalue weighted by molar-refractivity contribution is 0.796. The molecule has 0 N–H and O–H groups in total. The van der Waals surface area contributed by atoms with Crippen LogP contribution in [0, 0.1) is 0 Å². The van der Waals surface area contributed by atoms with Crippen LogP contribution in [-0.2, 0) is 6.42 Å². The van der Waals surface area contributed by atoms with Crippen molar-refractivity contribution in [3.63, 3.8) is 0 Å². The predicted molar refractivity (Wildman–Crippen MR) is 61.1 cm³/mol. The molecule has 2 aromatic rings. The van der Waals surface area contributed by atoms with Crippen molar-refractivity contribution < 1.29 is 0 Å². The van der Waals surface area contributed by atoms with E-state index in [0.29, 0.717) is 0 Å². The summed E-state index contributed by atoms with van der Waals surface area (Å²) in [6.07, 6.45) is 5.00. The first-order valence-electron chi connectivity index (χ1n) is 4.66. The van der Waals surface area contributed by atoms with Gasteiger partial charge < -0.3 is 0 Å². The first-order valence-corrected chi connectivity index (χ1v) is 6.01. The van der Waals surface area contributed by atoms with Crippen LogP contribution < -0.4 is 0 Å². The van der Waals surface area contributed by atoms with E-state index >= 15 is 0 Å². The Kier molecular flexibility index (Phi) is 3.32. The van der Waals surface area contributed by atoms with Crippen molar-refractivity contribution in [1.29, 1.82) is 0 Å². The number of unbranched alkanes of at least 4 members (excludes halogenated alkanes) is 1. The molecule has 2 aromatic heterocycles. The van der Waals surface area contributed by atoms with E-state index in [4.69, 9.17) is 11.6 Å². The van der Waals surface area contributed by atoms with E-state index in [1.807, 2.05) is 18.3 Å². The third-order valence-electron chi connectivity index (χ3n) is 1.98. The normalized spacial score (nSPS) is 10.9. The molecule has 0 spiro atoms. The van der Waals surface area contributed by atoms with Gasteiger partial charge in [-0.1, -0.05) is 11.3 Å². The second-order valence-corrected chi connectivity index (χ2v) is 4.52. The van der Waals surface area contributed by atoms with Crippen molar-refractivity contribution in [2.24, 2.45) is 0 Å². The molecule has 0 radical (unpaired) electrons. The fourth-order valence-electron chi connectivity index (χ4n) is 1.29. The highest BCUT2D eigenvalue weighted by Gasteiger charge is 2.02. The van der Waals surface area contributed by atoms with Gasteiger partial charge in [-0.25, -0.2) is 9.97 Å². The van der Waals surface area contributed by atoms with Gasteiger partial charge in [-0.3, -0.25) is 0 Å². The Morgan fingerprint density at radius 2 is 2.29 bits per heavy atom. The monoisotopic (exact) mass is 226 g/mol. The number of rotatable bonds is 4. The lowest BCUT2D eigenvalue weighted by atomic mass is 10.3. The largest absolute Gasteiger partial charge is 0.244 e. The standard InChI is InChI=1S/C10H11ClN2S/c11-6-2-1-5-9-13-8-4-3-7-12-10(8)14-9/h3-4,7H,1-2,5-6H2. The van der Waals surface area contributed by atoms with Crippen LogP contribution in [0.5, 0.6) is 0 Å². The summed E-state index contributed by atoms with van der Waals surface area (Å²) in [6.45, 7) is 0. The van der Waals surface area contributed by atoms with E-state index in [0.717, 1.165) is 35.5 Å². The Morgan fingerprint density at radius 3 is 3.07 bits per heavy atom. The van der Waals surface area contributed by atoms with Gasteiger partial charge in [0.25, 0.3) is 0 Å². The summed E-state index contributed by atoms with van der Waals surface area (Å²) in [5, 5.41) is 1.17. The molecule has 0 atom stereocenters. The fraction of sp³-hybridized carbons (Fsp3) is 0.400. The topological polar surface area (TPSA) is 25.8 Å². The summed E-state index contributed by atoms with van der Waals surface area (Å²) in [5.41, 5.74) is 1.01. The molecule has 14 heavy (non-hydrogen) atoms. The molecule has 0 bridgehead atoms. The van der Waals surface area contributed by atoms with Crippen molar-refractivity contribution in [1.82, 2.24) is 9.97 Å². The first-order chi connectivity index (χ1) is 6.90. The number of thiazole rings is 1. The Balaban J connectivity index is 2.11. The lowest BCUT2D eigenvalue weighted by Gasteiger charge is -1.91. The zero-order chi connectivity index (χ0) is 9.80. The van der Waals surface area contributed by atoms with Gasteiger partial charge in [0, 0.05) is 12.1 Å². The highest BCUT2D eigenvalue weighted by Crippen LogP contribution is 2.20. The molecule has 0 saturated heterocycles. The fourth-order valence-corrected chi connectivity index (χ4v) is 2.43. The Morgan fingerprint density at radius 1 is 1.36 bits per heavy atom. The number of hydrogen-bond acceptors (Lipinski definition) is 3. The summed E-state index contributed by atoms with van der Waals surface area (Å²) in [5.74, 6) is 0.739. The van der Waals surface area contributed by atoms with Crippen molar-refractivity contribution in [3.8, 4) is 0 Å². The van der Waals surface area contributed by atoms with E-state index in [-0.39, 0.29) is 0 Å². The zero-order valence-corrected chi connectivity index (χ0v) is 9.31. The molecule has 0 unspecified atom stereocenters. The molecule has 0 aliphatic carbocycles. The summed E-state index contributed by atoms with van der Waals surface area (Å²) >= 11 is 7.30. The molecule has 2 nitrogen and oxygen atoms in total. The highest BCUT2D eigenvalue weighted by atomic mass is 35.5. The molecule has 0 saturated carbocycles. The van der Waals surface area contributed by atoms with Crippen molar-refractivity contribution in [2.75, 3.05) is 5.88 Å². The summed E-state index contributed by atoms with van der Waals surface area (Å²) in [7, 11) is 0. The minimum Gasteiger partial charge on any atom is -0.244 e. The number of aryl methyl sites for hydroxylation is 1. The van der Waals surface area contributed by atoms with Crippen LogP contribution >= 0.6 is 22.9 Å². The van der Waals surface area contributed by atoms with Crippen LogP contribution in [-0.4, -0.2) is 15.8 Å². The maximum atomic E-state index is 5.62. The minimum atomic E-state index is 0.739. The molecule has 0 aliphatic heterocycles. The van der Waals surface area contributed by atoms with Gasteiger partial charge in [0.1, 0.15) is 10.3 Å². The molecule has 0 aliphatic rings. The molecule has 4 heteroatoms. The lowest BCUT2D eigenvalue weighted by Crippen LogP contribution is -1.84. The Bertz CT molecular complexity index is 380. The van der Waals surface area contributed by atoms with Gasteiger partial charge in [-0.05, 0) is 31.4 Å². The van der Waals surface area contributed by atoms with Crippen LogP contribution in [0.3, 0.4) is 0 Å². The molecular weight excluding hydrogens is 216 g/mol. The van der Waals surface area contributed by atoms with Crippen molar-refractivity contribution in [3.05, 3.63) is 23.3 Å². The molecule has 2 heterocycles. The summed E-state index contributed by atoms with van der Waals surface area (Å²) in [4.78, 5) is 9.79. The van der Waals surface area contributed by atoms with E-state index < -0.39 is 0 Å². The molecule has 74 valence electrons. The van der Waals surface area contributed by atoms with E-state index in [9.17, 15) is 0 Å². The number of aromatic nitrogens is 2. The van der Waals surface area contributed by atoms with Gasteiger partial charge in [-0.2, -0.15) is 0 Å². The van der Waals surface area contributed by atoms with E-state index in [1.165, 1.54) is 5.01 Å². The maximum absolute atomic E-state index is 5.62. The maximum Gasteiger partial charge on any atom is 0.143 e. The number of nitrogens with zero attached hydrogens (tertiary/aromatic N) is 2. The third-order valence-corrected chi connectivity index (χ3v) is 3.29. The van der Waals surface area contributed by atoms with Crippen LogP contribution in [0.15, 0.2) is 18.3 Å². The van der Waals surface area contributed by atoms with Gasteiger partial charge in [0.05, 0.1) is 5.01 Å². The number of alkyl halides is 1. The van der Waals surface area contributed by atoms with Gasteiger partial charge in [0.15, 0.2) is 0 Å². The zero-order valence-electron chi connectivity index (χ0n) is 7.74. The highest BCUT2D eigenvalue weighted by molar-refractivity contribution is 7.18. The quantitative estimate of drug-likeness (QED) is 0.591. The van der Waals surface area contributed by atoms with Crippen LogP contribution in [0.1, 0.15) is 17.8 Å².